The molecule has 0 aromatic heterocycles. The number of fused-ring (bicyclic) bond motifs is 1. The maximum atomic E-state index is 12.7. The standard InChI is InChI=1S/C16H19ClN2O2.ClH/c17-13-4-5-15-11(8-13)7-12(10-21-15)16(20)19-6-2-1-3-14(19)9-18;/h4-5,7-8,14H,1-3,6,9-10,18H2;1H. The Balaban J connectivity index is 0.00000176. The van der Waals surface area contributed by atoms with Crippen LogP contribution in [0.1, 0.15) is 24.8 Å². The number of halogens is 2. The number of hydrogen-bond acceptors (Lipinski definition) is 3. The number of carbonyl (C=O) groups is 1. The molecule has 2 aliphatic rings. The first-order valence-corrected chi connectivity index (χ1v) is 7.71. The van der Waals surface area contributed by atoms with E-state index in [9.17, 15) is 4.79 Å². The Hall–Kier alpha value is -1.23. The van der Waals surface area contributed by atoms with Gasteiger partial charge in [0.1, 0.15) is 12.4 Å². The number of hydrogen-bond donors (Lipinski definition) is 1. The van der Waals surface area contributed by atoms with E-state index < -0.39 is 0 Å². The molecule has 1 amide bonds. The third kappa shape index (κ3) is 3.40. The van der Waals surface area contributed by atoms with Crippen LogP contribution in [0.3, 0.4) is 0 Å². The van der Waals surface area contributed by atoms with Crippen LogP contribution in [0.15, 0.2) is 23.8 Å². The molecule has 0 radical (unpaired) electrons. The Morgan fingerprint density at radius 3 is 3.00 bits per heavy atom. The summed E-state index contributed by atoms with van der Waals surface area (Å²) in [5.74, 6) is 0.806. The van der Waals surface area contributed by atoms with Gasteiger partial charge in [0.05, 0.1) is 5.57 Å². The first-order valence-electron chi connectivity index (χ1n) is 7.33. The topological polar surface area (TPSA) is 55.6 Å². The Bertz CT molecular complexity index is 590. The highest BCUT2D eigenvalue weighted by atomic mass is 35.5. The van der Waals surface area contributed by atoms with Crippen molar-refractivity contribution < 1.29 is 9.53 Å². The van der Waals surface area contributed by atoms with Gasteiger partial charge in [-0.25, -0.2) is 0 Å². The highest BCUT2D eigenvalue weighted by Gasteiger charge is 2.29. The highest BCUT2D eigenvalue weighted by molar-refractivity contribution is 6.30. The van der Waals surface area contributed by atoms with Crippen LogP contribution in [-0.2, 0) is 4.79 Å². The molecular weight excluding hydrogens is 323 g/mol. The summed E-state index contributed by atoms with van der Waals surface area (Å²) >= 11 is 6.00. The first kappa shape index (κ1) is 17.1. The van der Waals surface area contributed by atoms with Crippen LogP contribution in [0.25, 0.3) is 6.08 Å². The van der Waals surface area contributed by atoms with Crippen LogP contribution in [0, 0.1) is 0 Å². The SMILES string of the molecule is Cl.NCC1CCCCN1C(=O)C1=Cc2cc(Cl)ccc2OC1. The summed E-state index contributed by atoms with van der Waals surface area (Å²) < 4.78 is 5.67. The maximum Gasteiger partial charge on any atom is 0.253 e. The average molecular weight is 343 g/mol. The van der Waals surface area contributed by atoms with Gasteiger partial charge in [-0.15, -0.1) is 12.4 Å². The molecule has 4 nitrogen and oxygen atoms in total. The zero-order chi connectivity index (χ0) is 14.8. The molecule has 0 bridgehead atoms. The van der Waals surface area contributed by atoms with Crippen LogP contribution in [0.4, 0.5) is 0 Å². The molecule has 22 heavy (non-hydrogen) atoms. The number of piperidine rings is 1. The van der Waals surface area contributed by atoms with E-state index in [1.165, 1.54) is 0 Å². The number of nitrogens with two attached hydrogens (primary N) is 1. The van der Waals surface area contributed by atoms with Crippen LogP contribution in [-0.4, -0.2) is 36.5 Å². The van der Waals surface area contributed by atoms with Crippen LogP contribution < -0.4 is 10.5 Å². The van der Waals surface area contributed by atoms with E-state index >= 15 is 0 Å². The van der Waals surface area contributed by atoms with Gasteiger partial charge in [0, 0.05) is 29.7 Å². The number of amides is 1. The number of benzene rings is 1. The van der Waals surface area contributed by atoms with Crippen molar-refractivity contribution >= 4 is 36.0 Å². The largest absolute Gasteiger partial charge is 0.488 e. The number of ether oxygens (including phenoxy) is 1. The number of nitrogens with zero attached hydrogens (tertiary/aromatic N) is 1. The van der Waals surface area contributed by atoms with Crippen molar-refractivity contribution in [2.75, 3.05) is 19.7 Å². The minimum Gasteiger partial charge on any atom is -0.488 e. The fraction of sp³-hybridized carbons (Fsp3) is 0.438. The molecule has 3 rings (SSSR count). The second-order valence-electron chi connectivity index (χ2n) is 5.52. The molecule has 1 unspecified atom stereocenters. The van der Waals surface area contributed by atoms with E-state index in [4.69, 9.17) is 22.1 Å². The molecule has 120 valence electrons. The minimum absolute atomic E-state index is 0. The van der Waals surface area contributed by atoms with Gasteiger partial charge >= 0.3 is 0 Å². The highest BCUT2D eigenvalue weighted by Crippen LogP contribution is 2.30. The predicted molar refractivity (Wildman–Crippen MR) is 90.6 cm³/mol. The van der Waals surface area contributed by atoms with Crippen molar-refractivity contribution in [2.24, 2.45) is 5.73 Å². The first-order chi connectivity index (χ1) is 10.2. The predicted octanol–water partition coefficient (Wildman–Crippen LogP) is 2.88. The number of likely N-dealkylation sites (tertiary alicyclic amines) is 1. The molecule has 1 fully saturated rings. The van der Waals surface area contributed by atoms with Crippen LogP contribution in [0.5, 0.6) is 5.75 Å². The molecule has 0 aliphatic carbocycles. The molecule has 0 spiro atoms. The van der Waals surface area contributed by atoms with Crippen molar-refractivity contribution in [3.8, 4) is 5.75 Å². The van der Waals surface area contributed by atoms with E-state index in [1.807, 2.05) is 23.1 Å². The maximum absolute atomic E-state index is 12.7. The molecule has 0 saturated carbocycles. The lowest BCUT2D eigenvalue weighted by molar-refractivity contribution is -0.130. The van der Waals surface area contributed by atoms with Gasteiger partial charge in [0.15, 0.2) is 0 Å². The molecular formula is C16H20Cl2N2O2. The van der Waals surface area contributed by atoms with Gasteiger partial charge in [-0.1, -0.05) is 11.6 Å². The van der Waals surface area contributed by atoms with Gasteiger partial charge in [-0.3, -0.25) is 4.79 Å². The van der Waals surface area contributed by atoms with E-state index in [-0.39, 0.29) is 24.4 Å². The van der Waals surface area contributed by atoms with Crippen molar-refractivity contribution in [3.05, 3.63) is 34.4 Å². The molecule has 2 N–H and O–H groups in total. The van der Waals surface area contributed by atoms with E-state index in [0.717, 1.165) is 37.1 Å². The second-order valence-corrected chi connectivity index (χ2v) is 5.96. The zero-order valence-corrected chi connectivity index (χ0v) is 13.8. The van der Waals surface area contributed by atoms with Gasteiger partial charge < -0.3 is 15.4 Å². The summed E-state index contributed by atoms with van der Waals surface area (Å²) in [7, 11) is 0. The van der Waals surface area contributed by atoms with Gasteiger partial charge in [-0.2, -0.15) is 0 Å². The molecule has 2 heterocycles. The third-order valence-corrected chi connectivity index (χ3v) is 4.35. The quantitative estimate of drug-likeness (QED) is 0.898. The van der Waals surface area contributed by atoms with Gasteiger partial charge in [-0.05, 0) is 43.5 Å². The van der Waals surface area contributed by atoms with Crippen molar-refractivity contribution in [2.45, 2.75) is 25.3 Å². The molecule has 1 atom stereocenters. The summed E-state index contributed by atoms with van der Waals surface area (Å²) in [5, 5.41) is 0.639. The summed E-state index contributed by atoms with van der Waals surface area (Å²) in [6.45, 7) is 1.60. The monoisotopic (exact) mass is 342 g/mol. The lowest BCUT2D eigenvalue weighted by Crippen LogP contribution is -2.48. The van der Waals surface area contributed by atoms with E-state index in [2.05, 4.69) is 0 Å². The Morgan fingerprint density at radius 2 is 2.23 bits per heavy atom. The van der Waals surface area contributed by atoms with Gasteiger partial charge in [0.2, 0.25) is 0 Å². The third-order valence-electron chi connectivity index (χ3n) is 4.12. The summed E-state index contributed by atoms with van der Waals surface area (Å²) in [4.78, 5) is 14.6. The Kier molecular flexibility index (Phi) is 5.73. The number of rotatable bonds is 2. The van der Waals surface area contributed by atoms with Crippen molar-refractivity contribution in [1.82, 2.24) is 4.90 Å². The molecule has 2 aliphatic heterocycles. The Labute approximate surface area is 141 Å². The Morgan fingerprint density at radius 1 is 1.41 bits per heavy atom. The minimum atomic E-state index is 0. The van der Waals surface area contributed by atoms with Crippen molar-refractivity contribution in [1.29, 1.82) is 0 Å². The smallest absolute Gasteiger partial charge is 0.253 e. The second kappa shape index (κ2) is 7.36. The van der Waals surface area contributed by atoms with Crippen LogP contribution in [0.2, 0.25) is 5.02 Å². The average Bonchev–Trinajstić information content (AvgIpc) is 2.53. The lowest BCUT2D eigenvalue weighted by atomic mass is 9.99. The molecule has 1 aromatic rings. The fourth-order valence-electron chi connectivity index (χ4n) is 2.97. The fourth-order valence-corrected chi connectivity index (χ4v) is 3.15. The van der Waals surface area contributed by atoms with E-state index in [1.54, 1.807) is 6.07 Å². The zero-order valence-electron chi connectivity index (χ0n) is 12.3. The molecule has 1 aromatic carbocycles. The molecule has 1 saturated heterocycles. The van der Waals surface area contributed by atoms with Crippen LogP contribution >= 0.6 is 24.0 Å². The normalized spacial score (nSPS) is 20.4. The van der Waals surface area contributed by atoms with E-state index in [0.29, 0.717) is 23.7 Å². The lowest BCUT2D eigenvalue weighted by Gasteiger charge is -2.36. The van der Waals surface area contributed by atoms with Gasteiger partial charge in [0.25, 0.3) is 5.91 Å². The van der Waals surface area contributed by atoms with Crippen molar-refractivity contribution in [3.63, 3.8) is 0 Å². The summed E-state index contributed by atoms with van der Waals surface area (Å²) in [6.07, 6.45) is 5.05. The summed E-state index contributed by atoms with van der Waals surface area (Å²) in [5.41, 5.74) is 7.33. The number of carbonyl (C=O) groups excluding carboxylic acids is 1. The molecule has 6 heteroatoms. The summed E-state index contributed by atoms with van der Waals surface area (Å²) in [6, 6.07) is 5.59.